The van der Waals surface area contributed by atoms with Gasteiger partial charge in [-0.15, -0.1) is 0 Å². The molecule has 8 nitrogen and oxygen atoms in total. The van der Waals surface area contributed by atoms with Crippen molar-refractivity contribution in [2.24, 2.45) is 0 Å². The lowest BCUT2D eigenvalue weighted by Gasteiger charge is -2.12. The van der Waals surface area contributed by atoms with Crippen LogP contribution in [0.2, 0.25) is 0 Å². The lowest BCUT2D eigenvalue weighted by molar-refractivity contribution is -0.422. The molecule has 22 heavy (non-hydrogen) atoms. The molecule has 114 valence electrons. The number of nitro benzene ring substituents is 2. The first-order valence-electron chi connectivity index (χ1n) is 6.32. The molecule has 0 aliphatic heterocycles. The van der Waals surface area contributed by atoms with Gasteiger partial charge in [0.05, 0.1) is 9.85 Å². The Bertz CT molecular complexity index is 715. The van der Waals surface area contributed by atoms with Crippen molar-refractivity contribution in [3.63, 3.8) is 0 Å². The molecule has 0 bridgehead atoms. The van der Waals surface area contributed by atoms with Gasteiger partial charge in [0.25, 0.3) is 0 Å². The molecule has 0 saturated heterocycles. The van der Waals surface area contributed by atoms with Gasteiger partial charge in [0, 0.05) is 24.9 Å². The van der Waals surface area contributed by atoms with Gasteiger partial charge in [-0.2, -0.15) is 0 Å². The molecule has 8 heteroatoms. The zero-order chi connectivity index (χ0) is 16.3. The highest BCUT2D eigenvalue weighted by molar-refractivity contribution is 5.55. The van der Waals surface area contributed by atoms with E-state index >= 15 is 0 Å². The number of hydrogen-bond donors (Lipinski definition) is 2. The molecule has 0 radical (unpaired) electrons. The van der Waals surface area contributed by atoms with Crippen molar-refractivity contribution in [3.8, 4) is 0 Å². The van der Waals surface area contributed by atoms with E-state index in [1.165, 1.54) is 6.07 Å². The molecule has 0 aliphatic carbocycles. The molecule has 0 fully saturated rings. The van der Waals surface area contributed by atoms with Gasteiger partial charge in [0.15, 0.2) is 0 Å². The molecule has 2 N–H and O–H groups in total. The molecule has 2 aromatic carbocycles. The van der Waals surface area contributed by atoms with Crippen molar-refractivity contribution in [2.45, 2.75) is 6.10 Å². The van der Waals surface area contributed by atoms with Crippen molar-refractivity contribution < 1.29 is 15.0 Å². The molecular weight excluding hydrogens is 290 g/mol. The first-order chi connectivity index (χ1) is 10.4. The summed E-state index contributed by atoms with van der Waals surface area (Å²) in [5.74, 6) is 0. The highest BCUT2D eigenvalue weighted by Crippen LogP contribution is 2.32. The third kappa shape index (κ3) is 3.01. The first-order valence-corrected chi connectivity index (χ1v) is 6.32. The second-order valence-corrected chi connectivity index (χ2v) is 4.54. The van der Waals surface area contributed by atoms with Gasteiger partial charge < -0.3 is 10.4 Å². The molecule has 1 atom stereocenters. The maximum Gasteiger partial charge on any atom is 0.346 e. The third-order valence-corrected chi connectivity index (χ3v) is 3.22. The maximum absolute atomic E-state index is 10.9. The lowest BCUT2D eigenvalue weighted by Crippen LogP contribution is -2.03. The summed E-state index contributed by atoms with van der Waals surface area (Å²) >= 11 is 0. The smallest absolute Gasteiger partial charge is 0.346 e. The summed E-state index contributed by atoms with van der Waals surface area (Å²) in [5, 5.41) is 34.9. The molecular formula is C14H13N3O5. The Morgan fingerprint density at radius 2 is 1.50 bits per heavy atom. The summed E-state index contributed by atoms with van der Waals surface area (Å²) in [7, 11) is 1.76. The van der Waals surface area contributed by atoms with Crippen LogP contribution in [0.4, 0.5) is 17.1 Å². The fraction of sp³-hybridized carbons (Fsp3) is 0.143. The Kier molecular flexibility index (Phi) is 4.33. The summed E-state index contributed by atoms with van der Waals surface area (Å²) in [6.45, 7) is 0. The summed E-state index contributed by atoms with van der Waals surface area (Å²) in [6.07, 6.45) is -1.11. The quantitative estimate of drug-likeness (QED) is 0.647. The maximum atomic E-state index is 10.9. The van der Waals surface area contributed by atoms with Crippen LogP contribution in [-0.4, -0.2) is 22.0 Å². The second kappa shape index (κ2) is 6.19. The van der Waals surface area contributed by atoms with Gasteiger partial charge >= 0.3 is 11.4 Å². The molecule has 0 aromatic heterocycles. The molecule has 0 heterocycles. The predicted molar refractivity (Wildman–Crippen MR) is 79.8 cm³/mol. The van der Waals surface area contributed by atoms with Crippen LogP contribution >= 0.6 is 0 Å². The van der Waals surface area contributed by atoms with Crippen molar-refractivity contribution in [3.05, 3.63) is 73.8 Å². The average Bonchev–Trinajstić information content (AvgIpc) is 2.53. The number of rotatable bonds is 5. The first kappa shape index (κ1) is 15.4. The van der Waals surface area contributed by atoms with E-state index in [0.29, 0.717) is 5.56 Å². The van der Waals surface area contributed by atoms with Crippen LogP contribution < -0.4 is 5.32 Å². The summed E-state index contributed by atoms with van der Waals surface area (Å²) in [4.78, 5) is 20.1. The SMILES string of the molecule is CNc1ccc(C(O)c2ccc([N+](=O)[O-])c([N+](=O)[O-])c2)cc1. The van der Waals surface area contributed by atoms with Gasteiger partial charge in [-0.25, -0.2) is 0 Å². The van der Waals surface area contributed by atoms with Crippen molar-refractivity contribution in [1.82, 2.24) is 0 Å². The van der Waals surface area contributed by atoms with E-state index in [2.05, 4.69) is 5.32 Å². The van der Waals surface area contributed by atoms with Gasteiger partial charge in [-0.3, -0.25) is 20.2 Å². The number of benzene rings is 2. The molecule has 0 spiro atoms. The minimum Gasteiger partial charge on any atom is -0.388 e. The normalized spacial score (nSPS) is 11.7. The number of aliphatic hydroxyl groups excluding tert-OH is 1. The zero-order valence-electron chi connectivity index (χ0n) is 11.6. The Balaban J connectivity index is 2.40. The van der Waals surface area contributed by atoms with Crippen LogP contribution in [0.1, 0.15) is 17.2 Å². The van der Waals surface area contributed by atoms with Gasteiger partial charge in [-0.05, 0) is 29.3 Å². The van der Waals surface area contributed by atoms with Crippen LogP contribution in [0.15, 0.2) is 42.5 Å². The minimum absolute atomic E-state index is 0.217. The average molecular weight is 303 g/mol. The highest BCUT2D eigenvalue weighted by atomic mass is 16.6. The fourth-order valence-corrected chi connectivity index (χ4v) is 2.04. The molecule has 0 amide bonds. The van der Waals surface area contributed by atoms with E-state index in [4.69, 9.17) is 0 Å². The van der Waals surface area contributed by atoms with Gasteiger partial charge in [-0.1, -0.05) is 12.1 Å². The number of anilines is 1. The van der Waals surface area contributed by atoms with Crippen molar-refractivity contribution >= 4 is 17.1 Å². The molecule has 2 aromatic rings. The zero-order valence-corrected chi connectivity index (χ0v) is 11.6. The van der Waals surface area contributed by atoms with Crippen LogP contribution in [-0.2, 0) is 0 Å². The number of nitrogens with zero attached hydrogens (tertiary/aromatic N) is 2. The summed E-state index contributed by atoms with van der Waals surface area (Å²) < 4.78 is 0. The molecule has 0 saturated carbocycles. The van der Waals surface area contributed by atoms with Crippen LogP contribution in [0, 0.1) is 20.2 Å². The molecule has 0 aliphatic rings. The fourth-order valence-electron chi connectivity index (χ4n) is 2.04. The second-order valence-electron chi connectivity index (χ2n) is 4.54. The molecule has 2 rings (SSSR count). The van der Waals surface area contributed by atoms with E-state index in [0.717, 1.165) is 17.8 Å². The largest absolute Gasteiger partial charge is 0.388 e. The Hall–Kier alpha value is -3.00. The Labute approximate surface area is 125 Å². The van der Waals surface area contributed by atoms with E-state index in [1.54, 1.807) is 31.3 Å². The van der Waals surface area contributed by atoms with E-state index in [9.17, 15) is 25.3 Å². The topological polar surface area (TPSA) is 119 Å². The van der Waals surface area contributed by atoms with Crippen molar-refractivity contribution in [1.29, 1.82) is 0 Å². The number of nitrogens with one attached hydrogen (secondary N) is 1. The van der Waals surface area contributed by atoms with Gasteiger partial charge in [0.1, 0.15) is 6.10 Å². The lowest BCUT2D eigenvalue weighted by atomic mass is 10.0. The number of nitro groups is 2. The number of hydrogen-bond acceptors (Lipinski definition) is 6. The standard InChI is InChI=1S/C14H13N3O5/c1-15-11-5-2-9(3-6-11)14(18)10-4-7-12(16(19)20)13(8-10)17(21)22/h2-8,14-15,18H,1H3. The van der Waals surface area contributed by atoms with Crippen LogP contribution in [0.25, 0.3) is 0 Å². The molecule has 1 unspecified atom stereocenters. The van der Waals surface area contributed by atoms with E-state index in [1.807, 2.05) is 0 Å². The van der Waals surface area contributed by atoms with Gasteiger partial charge in [0.2, 0.25) is 0 Å². The van der Waals surface area contributed by atoms with E-state index in [-0.39, 0.29) is 5.56 Å². The summed E-state index contributed by atoms with van der Waals surface area (Å²) in [6, 6.07) is 10.2. The van der Waals surface area contributed by atoms with Crippen LogP contribution in [0.5, 0.6) is 0 Å². The summed E-state index contributed by atoms with van der Waals surface area (Å²) in [5.41, 5.74) is 0.349. The van der Waals surface area contributed by atoms with E-state index < -0.39 is 27.3 Å². The highest BCUT2D eigenvalue weighted by Gasteiger charge is 2.26. The predicted octanol–water partition coefficient (Wildman–Crippen LogP) is 2.63. The number of aliphatic hydroxyl groups is 1. The van der Waals surface area contributed by atoms with Crippen LogP contribution in [0.3, 0.4) is 0 Å². The Morgan fingerprint density at radius 1 is 0.955 bits per heavy atom. The third-order valence-electron chi connectivity index (χ3n) is 3.22. The Morgan fingerprint density at radius 3 is 2.00 bits per heavy atom. The van der Waals surface area contributed by atoms with Crippen molar-refractivity contribution in [2.75, 3.05) is 12.4 Å². The minimum atomic E-state index is -1.11. The monoisotopic (exact) mass is 303 g/mol.